The highest BCUT2D eigenvalue weighted by molar-refractivity contribution is 7.80. The van der Waals surface area contributed by atoms with Crippen LogP contribution in [0, 0.1) is 0 Å². The highest BCUT2D eigenvalue weighted by Gasteiger charge is 2.32. The molecule has 17 heavy (non-hydrogen) atoms. The Kier molecular flexibility index (Phi) is 4.77. The van der Waals surface area contributed by atoms with Crippen molar-refractivity contribution < 1.29 is 0 Å². The van der Waals surface area contributed by atoms with Crippen LogP contribution < -0.4 is 5.73 Å². The van der Waals surface area contributed by atoms with Crippen molar-refractivity contribution in [3.8, 4) is 0 Å². The van der Waals surface area contributed by atoms with Crippen molar-refractivity contribution in [1.82, 2.24) is 9.80 Å². The first-order valence-corrected chi connectivity index (χ1v) is 7.38. The van der Waals surface area contributed by atoms with Gasteiger partial charge in [-0.2, -0.15) is 0 Å². The first-order valence-electron chi connectivity index (χ1n) is 6.97. The van der Waals surface area contributed by atoms with Crippen molar-refractivity contribution in [2.24, 2.45) is 5.73 Å². The first-order chi connectivity index (χ1) is 8.20. The molecule has 0 bridgehead atoms. The molecular weight excluding hydrogens is 230 g/mol. The summed E-state index contributed by atoms with van der Waals surface area (Å²) < 4.78 is 0. The maximum atomic E-state index is 5.69. The molecular formula is C13H25N3S. The summed E-state index contributed by atoms with van der Waals surface area (Å²) in [6.07, 6.45) is 6.15. The van der Waals surface area contributed by atoms with Crippen molar-refractivity contribution >= 4 is 17.2 Å². The second-order valence-corrected chi connectivity index (χ2v) is 5.94. The third-order valence-electron chi connectivity index (χ3n) is 4.28. The number of likely N-dealkylation sites (tertiary alicyclic amines) is 2. The zero-order chi connectivity index (χ0) is 12.3. The minimum absolute atomic E-state index is 0.570. The SMILES string of the molecule is CCC(CC(N)=S)N1CCC(N2CCCC2)C1. The Morgan fingerprint density at radius 2 is 2.06 bits per heavy atom. The van der Waals surface area contributed by atoms with E-state index in [1.165, 1.54) is 45.4 Å². The molecule has 2 atom stereocenters. The van der Waals surface area contributed by atoms with Crippen LogP contribution >= 0.6 is 12.2 Å². The van der Waals surface area contributed by atoms with Crippen LogP contribution in [0.4, 0.5) is 0 Å². The van der Waals surface area contributed by atoms with E-state index in [9.17, 15) is 0 Å². The second-order valence-electron chi connectivity index (χ2n) is 5.41. The van der Waals surface area contributed by atoms with Gasteiger partial charge >= 0.3 is 0 Å². The molecule has 2 aliphatic heterocycles. The molecule has 0 aromatic heterocycles. The van der Waals surface area contributed by atoms with Gasteiger partial charge in [0.15, 0.2) is 0 Å². The van der Waals surface area contributed by atoms with E-state index in [1.807, 2.05) is 0 Å². The lowest BCUT2D eigenvalue weighted by atomic mass is 10.1. The van der Waals surface area contributed by atoms with Crippen LogP contribution in [0.3, 0.4) is 0 Å². The summed E-state index contributed by atoms with van der Waals surface area (Å²) in [5.74, 6) is 0. The predicted molar refractivity (Wildman–Crippen MR) is 76.3 cm³/mol. The largest absolute Gasteiger partial charge is 0.393 e. The average Bonchev–Trinajstić information content (AvgIpc) is 2.95. The maximum Gasteiger partial charge on any atom is 0.0743 e. The lowest BCUT2D eigenvalue weighted by Gasteiger charge is -2.28. The monoisotopic (exact) mass is 255 g/mol. The second kappa shape index (κ2) is 6.12. The zero-order valence-corrected chi connectivity index (χ0v) is 11.7. The topological polar surface area (TPSA) is 32.5 Å². The van der Waals surface area contributed by atoms with Gasteiger partial charge < -0.3 is 5.73 Å². The van der Waals surface area contributed by atoms with Crippen LogP contribution in [-0.4, -0.2) is 53.1 Å². The van der Waals surface area contributed by atoms with E-state index in [0.717, 1.165) is 18.9 Å². The van der Waals surface area contributed by atoms with Crippen LogP contribution in [-0.2, 0) is 0 Å². The molecule has 0 amide bonds. The van der Waals surface area contributed by atoms with Gasteiger partial charge in [0.05, 0.1) is 4.99 Å². The quantitative estimate of drug-likeness (QED) is 0.757. The van der Waals surface area contributed by atoms with Gasteiger partial charge in [0.25, 0.3) is 0 Å². The average molecular weight is 255 g/mol. The first kappa shape index (κ1) is 13.2. The van der Waals surface area contributed by atoms with Gasteiger partial charge in [0.1, 0.15) is 0 Å². The molecule has 4 heteroatoms. The van der Waals surface area contributed by atoms with Gasteiger partial charge in [-0.1, -0.05) is 19.1 Å². The normalized spacial score (nSPS) is 28.6. The standard InChI is InChI=1S/C13H25N3S/c1-2-11(9-13(14)17)16-8-5-12(10-16)15-6-3-4-7-15/h11-12H,2-10H2,1H3,(H2,14,17). The molecule has 0 aromatic carbocycles. The van der Waals surface area contributed by atoms with Crippen LogP contribution in [0.5, 0.6) is 0 Å². The van der Waals surface area contributed by atoms with Gasteiger partial charge in [-0.15, -0.1) is 0 Å². The van der Waals surface area contributed by atoms with E-state index in [-0.39, 0.29) is 0 Å². The highest BCUT2D eigenvalue weighted by Crippen LogP contribution is 2.23. The molecule has 0 saturated carbocycles. The minimum Gasteiger partial charge on any atom is -0.393 e. The van der Waals surface area contributed by atoms with E-state index in [4.69, 9.17) is 18.0 Å². The predicted octanol–water partition coefficient (Wildman–Crippen LogP) is 1.61. The van der Waals surface area contributed by atoms with Crippen LogP contribution in [0.15, 0.2) is 0 Å². The number of nitrogens with zero attached hydrogens (tertiary/aromatic N) is 2. The Hall–Kier alpha value is -0.190. The summed E-state index contributed by atoms with van der Waals surface area (Å²) in [7, 11) is 0. The Balaban J connectivity index is 1.84. The lowest BCUT2D eigenvalue weighted by Crippen LogP contribution is -2.40. The molecule has 0 aromatic rings. The summed E-state index contributed by atoms with van der Waals surface area (Å²) in [6.45, 7) is 7.31. The zero-order valence-electron chi connectivity index (χ0n) is 10.9. The summed E-state index contributed by atoms with van der Waals surface area (Å²) in [5.41, 5.74) is 5.69. The van der Waals surface area contributed by atoms with Gasteiger partial charge in [-0.3, -0.25) is 9.80 Å². The van der Waals surface area contributed by atoms with Gasteiger partial charge in [0, 0.05) is 31.6 Å². The summed E-state index contributed by atoms with van der Waals surface area (Å²) in [6, 6.07) is 1.36. The van der Waals surface area contributed by atoms with Gasteiger partial charge in [-0.25, -0.2) is 0 Å². The van der Waals surface area contributed by atoms with Crippen molar-refractivity contribution in [2.75, 3.05) is 26.2 Å². The molecule has 0 aliphatic carbocycles. The molecule has 2 heterocycles. The molecule has 2 unspecified atom stereocenters. The number of thiocarbonyl (C=S) groups is 1. The van der Waals surface area contributed by atoms with Gasteiger partial charge in [0.2, 0.25) is 0 Å². The molecule has 3 nitrogen and oxygen atoms in total. The fourth-order valence-electron chi connectivity index (χ4n) is 3.27. The molecule has 2 saturated heterocycles. The molecule has 2 aliphatic rings. The smallest absolute Gasteiger partial charge is 0.0743 e. The number of hydrogen-bond acceptors (Lipinski definition) is 3. The number of hydrogen-bond donors (Lipinski definition) is 1. The highest BCUT2D eigenvalue weighted by atomic mass is 32.1. The Labute approximate surface area is 110 Å². The molecule has 0 spiro atoms. The van der Waals surface area contributed by atoms with Crippen LogP contribution in [0.1, 0.15) is 39.0 Å². The number of nitrogens with two attached hydrogens (primary N) is 1. The summed E-state index contributed by atoms with van der Waals surface area (Å²) in [4.78, 5) is 5.94. The summed E-state index contributed by atoms with van der Waals surface area (Å²) in [5, 5.41) is 0. The molecule has 0 radical (unpaired) electrons. The van der Waals surface area contributed by atoms with E-state index in [2.05, 4.69) is 16.7 Å². The third kappa shape index (κ3) is 3.39. The van der Waals surface area contributed by atoms with E-state index in [0.29, 0.717) is 11.0 Å². The van der Waals surface area contributed by atoms with E-state index < -0.39 is 0 Å². The molecule has 2 N–H and O–H groups in total. The van der Waals surface area contributed by atoms with Crippen LogP contribution in [0.25, 0.3) is 0 Å². The fraction of sp³-hybridized carbons (Fsp3) is 0.923. The Bertz CT molecular complexity index is 263. The van der Waals surface area contributed by atoms with Crippen molar-refractivity contribution in [3.05, 3.63) is 0 Å². The van der Waals surface area contributed by atoms with E-state index in [1.54, 1.807) is 0 Å². The number of rotatable bonds is 5. The molecule has 98 valence electrons. The minimum atomic E-state index is 0.570. The summed E-state index contributed by atoms with van der Waals surface area (Å²) >= 11 is 5.05. The molecule has 2 rings (SSSR count). The van der Waals surface area contributed by atoms with Crippen molar-refractivity contribution in [3.63, 3.8) is 0 Å². The maximum absolute atomic E-state index is 5.69. The van der Waals surface area contributed by atoms with Gasteiger partial charge in [-0.05, 0) is 38.8 Å². The fourth-order valence-corrected chi connectivity index (χ4v) is 3.46. The third-order valence-corrected chi connectivity index (χ3v) is 4.44. The van der Waals surface area contributed by atoms with Crippen molar-refractivity contribution in [2.45, 2.75) is 51.1 Å². The van der Waals surface area contributed by atoms with Crippen LogP contribution in [0.2, 0.25) is 0 Å². The Morgan fingerprint density at radius 1 is 1.35 bits per heavy atom. The van der Waals surface area contributed by atoms with Crippen molar-refractivity contribution in [1.29, 1.82) is 0 Å². The Morgan fingerprint density at radius 3 is 2.65 bits per heavy atom. The lowest BCUT2D eigenvalue weighted by molar-refractivity contribution is 0.199. The molecule has 2 fully saturated rings. The van der Waals surface area contributed by atoms with E-state index >= 15 is 0 Å².